The van der Waals surface area contributed by atoms with E-state index in [1.807, 2.05) is 0 Å². The van der Waals surface area contributed by atoms with Crippen molar-refractivity contribution in [2.75, 3.05) is 6.54 Å². The van der Waals surface area contributed by atoms with Gasteiger partial charge in [-0.1, -0.05) is 29.9 Å². The predicted molar refractivity (Wildman–Crippen MR) is 79.0 cm³/mol. The van der Waals surface area contributed by atoms with E-state index in [1.165, 1.54) is 12.1 Å². The van der Waals surface area contributed by atoms with Gasteiger partial charge in [0.2, 0.25) is 0 Å². The monoisotopic (exact) mass is 309 g/mol. The highest BCUT2D eigenvalue weighted by Crippen LogP contribution is 2.20. The number of aromatic amines is 1. The number of fused-ring (bicyclic) bond motifs is 1. The summed E-state index contributed by atoms with van der Waals surface area (Å²) in [6.07, 6.45) is 1.43. The molecule has 1 aliphatic heterocycles. The zero-order valence-corrected chi connectivity index (χ0v) is 12.2. The van der Waals surface area contributed by atoms with Crippen LogP contribution >= 0.6 is 23.8 Å². The summed E-state index contributed by atoms with van der Waals surface area (Å²) >= 11 is 11.4. The summed E-state index contributed by atoms with van der Waals surface area (Å²) in [6.45, 7) is 1.69. The second kappa shape index (κ2) is 5.60. The van der Waals surface area contributed by atoms with Crippen LogP contribution in [0.15, 0.2) is 18.2 Å². The highest BCUT2D eigenvalue weighted by molar-refractivity contribution is 7.71. The fourth-order valence-corrected chi connectivity index (χ4v) is 2.89. The Bertz CT molecular complexity index is 714. The van der Waals surface area contributed by atoms with Gasteiger partial charge >= 0.3 is 0 Å². The minimum absolute atomic E-state index is 0.337. The topological polar surface area (TPSA) is 40.7 Å². The number of halogens is 2. The molecule has 0 saturated heterocycles. The average Bonchev–Trinajstić information content (AvgIpc) is 2.42. The van der Waals surface area contributed by atoms with Crippen molar-refractivity contribution in [1.29, 1.82) is 0 Å². The molecule has 0 radical (unpaired) electrons. The van der Waals surface area contributed by atoms with Gasteiger partial charge in [0.05, 0.1) is 0 Å². The maximum atomic E-state index is 13.0. The lowest BCUT2D eigenvalue weighted by atomic mass is 10.1. The maximum absolute atomic E-state index is 13.0. The van der Waals surface area contributed by atoms with Gasteiger partial charge in [-0.3, -0.25) is 0 Å². The molecule has 2 N–H and O–H groups in total. The highest BCUT2D eigenvalue weighted by Gasteiger charge is 2.13. The van der Waals surface area contributed by atoms with Gasteiger partial charge in [0.25, 0.3) is 0 Å². The van der Waals surface area contributed by atoms with Gasteiger partial charge in [-0.2, -0.15) is 0 Å². The Morgan fingerprint density at radius 3 is 3.05 bits per heavy atom. The van der Waals surface area contributed by atoms with Crippen LogP contribution in [0.1, 0.15) is 22.6 Å². The number of nitrogens with zero attached hydrogens (tertiary/aromatic N) is 1. The first-order valence-electron chi connectivity index (χ1n) is 6.39. The van der Waals surface area contributed by atoms with E-state index in [9.17, 15) is 4.39 Å². The van der Waals surface area contributed by atoms with Gasteiger partial charge in [-0.05, 0) is 17.7 Å². The van der Waals surface area contributed by atoms with E-state index >= 15 is 0 Å². The first-order chi connectivity index (χ1) is 9.63. The molecule has 2 aromatic rings. The third-order valence-electron chi connectivity index (χ3n) is 3.38. The van der Waals surface area contributed by atoms with Crippen LogP contribution in [-0.2, 0) is 19.4 Å². The van der Waals surface area contributed by atoms with Crippen LogP contribution in [0.4, 0.5) is 4.39 Å². The van der Waals surface area contributed by atoms with Crippen LogP contribution in [0.5, 0.6) is 0 Å². The molecule has 6 heteroatoms. The fraction of sp³-hybridized carbons (Fsp3) is 0.286. The number of rotatable bonds is 2. The predicted octanol–water partition coefficient (Wildman–Crippen LogP) is 3.17. The van der Waals surface area contributed by atoms with Crippen LogP contribution in [0.2, 0.25) is 5.02 Å². The molecule has 2 heterocycles. The number of H-pyrrole nitrogens is 1. The van der Waals surface area contributed by atoms with Crippen LogP contribution < -0.4 is 5.32 Å². The van der Waals surface area contributed by atoms with Gasteiger partial charge in [0, 0.05) is 42.2 Å². The first kappa shape index (κ1) is 13.7. The summed E-state index contributed by atoms with van der Waals surface area (Å²) in [5, 5.41) is 3.68. The van der Waals surface area contributed by atoms with Crippen molar-refractivity contribution >= 4 is 23.8 Å². The second-order valence-corrected chi connectivity index (χ2v) is 5.58. The molecule has 104 valence electrons. The number of nitrogens with one attached hydrogen (secondary N) is 2. The van der Waals surface area contributed by atoms with Gasteiger partial charge in [-0.15, -0.1) is 0 Å². The van der Waals surface area contributed by atoms with Crippen LogP contribution in [-0.4, -0.2) is 16.5 Å². The van der Waals surface area contributed by atoms with Crippen molar-refractivity contribution in [3.8, 4) is 0 Å². The molecular formula is C14H13ClFN3S. The zero-order chi connectivity index (χ0) is 14.1. The molecule has 0 aliphatic carbocycles. The third-order valence-corrected chi connectivity index (χ3v) is 4.07. The van der Waals surface area contributed by atoms with Crippen LogP contribution in [0.3, 0.4) is 0 Å². The molecule has 3 nitrogen and oxygen atoms in total. The largest absolute Gasteiger partial charge is 0.346 e. The van der Waals surface area contributed by atoms with E-state index in [-0.39, 0.29) is 5.82 Å². The number of aromatic nitrogens is 2. The van der Waals surface area contributed by atoms with Crippen molar-refractivity contribution in [3.63, 3.8) is 0 Å². The summed E-state index contributed by atoms with van der Waals surface area (Å²) in [6, 6.07) is 4.39. The van der Waals surface area contributed by atoms with E-state index in [2.05, 4.69) is 15.3 Å². The maximum Gasteiger partial charge on any atom is 0.134 e. The normalized spacial score (nSPS) is 14.1. The first-order valence-corrected chi connectivity index (χ1v) is 7.17. The number of benzene rings is 1. The van der Waals surface area contributed by atoms with Gasteiger partial charge < -0.3 is 10.3 Å². The molecule has 1 aromatic carbocycles. The van der Waals surface area contributed by atoms with E-state index in [0.29, 0.717) is 16.1 Å². The molecule has 0 saturated carbocycles. The molecule has 1 aliphatic rings. The Morgan fingerprint density at radius 2 is 2.25 bits per heavy atom. The van der Waals surface area contributed by atoms with E-state index in [0.717, 1.165) is 42.2 Å². The molecule has 3 rings (SSSR count). The lowest BCUT2D eigenvalue weighted by Gasteiger charge is -2.17. The Kier molecular flexibility index (Phi) is 3.83. The molecule has 0 unspecified atom stereocenters. The number of hydrogen-bond donors (Lipinski definition) is 2. The summed E-state index contributed by atoms with van der Waals surface area (Å²) in [4.78, 5) is 7.74. The zero-order valence-electron chi connectivity index (χ0n) is 10.7. The van der Waals surface area contributed by atoms with Gasteiger partial charge in [0.1, 0.15) is 16.3 Å². The summed E-state index contributed by atoms with van der Waals surface area (Å²) in [7, 11) is 0. The van der Waals surface area contributed by atoms with Crippen molar-refractivity contribution in [1.82, 2.24) is 15.3 Å². The molecule has 20 heavy (non-hydrogen) atoms. The third kappa shape index (κ3) is 2.75. The summed E-state index contributed by atoms with van der Waals surface area (Å²) < 4.78 is 13.7. The quantitative estimate of drug-likeness (QED) is 0.837. The van der Waals surface area contributed by atoms with Crippen LogP contribution in [0, 0.1) is 10.5 Å². The molecule has 0 spiro atoms. The Morgan fingerprint density at radius 1 is 1.40 bits per heavy atom. The summed E-state index contributed by atoms with van der Waals surface area (Å²) in [5.74, 6) is 0.431. The second-order valence-electron chi connectivity index (χ2n) is 4.79. The molecule has 1 aromatic heterocycles. The molecule has 0 bridgehead atoms. The highest BCUT2D eigenvalue weighted by atomic mass is 35.5. The molecular weight excluding hydrogens is 297 g/mol. The Labute approximate surface area is 126 Å². The van der Waals surface area contributed by atoms with Crippen molar-refractivity contribution in [2.24, 2.45) is 0 Å². The van der Waals surface area contributed by atoms with Crippen molar-refractivity contribution in [3.05, 3.63) is 56.3 Å². The minimum atomic E-state index is -0.337. The van der Waals surface area contributed by atoms with Gasteiger partial charge in [-0.25, -0.2) is 9.37 Å². The lowest BCUT2D eigenvalue weighted by molar-refractivity contribution is 0.618. The molecule has 0 amide bonds. The Balaban J connectivity index is 1.95. The van der Waals surface area contributed by atoms with E-state index in [4.69, 9.17) is 23.8 Å². The van der Waals surface area contributed by atoms with E-state index < -0.39 is 0 Å². The van der Waals surface area contributed by atoms with Crippen molar-refractivity contribution < 1.29 is 4.39 Å². The Hall–Kier alpha value is -1.30. The van der Waals surface area contributed by atoms with E-state index in [1.54, 1.807) is 6.07 Å². The molecule has 0 atom stereocenters. The van der Waals surface area contributed by atoms with Crippen molar-refractivity contribution in [2.45, 2.75) is 19.4 Å². The molecule has 0 fully saturated rings. The fourth-order valence-electron chi connectivity index (χ4n) is 2.35. The standard InChI is InChI=1S/C14H13ClFN3S/c15-11-6-9(16)2-1-8(11)5-13-18-12-3-4-17-7-10(12)14(20)19-13/h1-2,6,17H,3-5,7H2,(H,18,19,20). The smallest absolute Gasteiger partial charge is 0.134 e. The minimum Gasteiger partial charge on any atom is -0.346 e. The summed E-state index contributed by atoms with van der Waals surface area (Å²) in [5.41, 5.74) is 3.04. The SMILES string of the molecule is Fc1ccc(Cc2nc(=S)c3c([nH]2)CCNC3)c(Cl)c1. The van der Waals surface area contributed by atoms with Gasteiger partial charge in [0.15, 0.2) is 0 Å². The van der Waals surface area contributed by atoms with Crippen LogP contribution in [0.25, 0.3) is 0 Å². The lowest BCUT2D eigenvalue weighted by Crippen LogP contribution is -2.26. The number of hydrogen-bond acceptors (Lipinski definition) is 3. The average molecular weight is 310 g/mol.